The molecule has 4 nitrogen and oxygen atoms in total. The third-order valence-corrected chi connectivity index (χ3v) is 3.15. The van der Waals surface area contributed by atoms with Crippen molar-refractivity contribution in [2.45, 2.75) is 6.54 Å². The molecule has 0 aromatic carbocycles. The Morgan fingerprint density at radius 2 is 2.33 bits per heavy atom. The van der Waals surface area contributed by atoms with Crippen LogP contribution in [-0.2, 0) is 6.54 Å². The Labute approximate surface area is 109 Å². The van der Waals surface area contributed by atoms with Gasteiger partial charge in [-0.2, -0.15) is 0 Å². The van der Waals surface area contributed by atoms with Gasteiger partial charge in [0.2, 0.25) is 0 Å². The molecule has 0 radical (unpaired) electrons. The van der Waals surface area contributed by atoms with Gasteiger partial charge in [-0.15, -0.1) is 11.3 Å². The number of carbonyl (C=O) groups excluding carboxylic acids is 1. The van der Waals surface area contributed by atoms with Gasteiger partial charge in [-0.3, -0.25) is 4.79 Å². The van der Waals surface area contributed by atoms with Gasteiger partial charge in [-0.1, -0.05) is 11.8 Å². The van der Waals surface area contributed by atoms with Crippen LogP contribution in [0.15, 0.2) is 34.9 Å². The van der Waals surface area contributed by atoms with Crippen LogP contribution in [0.4, 0.5) is 0 Å². The van der Waals surface area contributed by atoms with E-state index in [1.54, 1.807) is 18.4 Å². The topological polar surface area (TPSA) is 68.3 Å². The molecular weight excluding hydrogens is 248 g/mol. The van der Waals surface area contributed by atoms with Gasteiger partial charge in [0.1, 0.15) is 5.76 Å². The highest BCUT2D eigenvalue weighted by Gasteiger charge is 2.08. The van der Waals surface area contributed by atoms with E-state index in [1.807, 2.05) is 12.1 Å². The lowest BCUT2D eigenvalue weighted by Crippen LogP contribution is -2.21. The maximum absolute atomic E-state index is 11.8. The van der Waals surface area contributed by atoms with E-state index in [0.29, 0.717) is 18.0 Å². The summed E-state index contributed by atoms with van der Waals surface area (Å²) in [5.74, 6) is 6.24. The van der Waals surface area contributed by atoms with Crippen LogP contribution in [0.2, 0.25) is 0 Å². The first-order valence-corrected chi connectivity index (χ1v) is 6.20. The smallest absolute Gasteiger partial charge is 0.261 e. The molecule has 0 saturated heterocycles. The molecule has 0 bridgehead atoms. The number of furan rings is 1. The molecule has 0 aliphatic heterocycles. The first-order chi connectivity index (χ1) is 8.79. The molecule has 18 heavy (non-hydrogen) atoms. The minimum absolute atomic E-state index is 0.128. The molecule has 92 valence electrons. The number of nitrogens with one attached hydrogen (secondary N) is 1. The molecule has 2 rings (SSSR count). The van der Waals surface area contributed by atoms with Crippen molar-refractivity contribution in [2.75, 3.05) is 6.54 Å². The first kappa shape index (κ1) is 12.4. The lowest BCUT2D eigenvalue weighted by atomic mass is 10.4. The lowest BCUT2D eigenvalue weighted by Gasteiger charge is -1.99. The van der Waals surface area contributed by atoms with Crippen molar-refractivity contribution in [2.24, 2.45) is 5.73 Å². The highest BCUT2D eigenvalue weighted by atomic mass is 32.1. The van der Waals surface area contributed by atoms with Crippen LogP contribution in [-0.4, -0.2) is 12.5 Å². The normalized spacial score (nSPS) is 9.61. The quantitative estimate of drug-likeness (QED) is 0.823. The lowest BCUT2D eigenvalue weighted by molar-refractivity contribution is 0.0952. The maximum Gasteiger partial charge on any atom is 0.261 e. The fraction of sp³-hybridized carbons (Fsp3) is 0.154. The Kier molecular flexibility index (Phi) is 4.18. The summed E-state index contributed by atoms with van der Waals surface area (Å²) in [6.07, 6.45) is 1.58. The van der Waals surface area contributed by atoms with Crippen molar-refractivity contribution in [1.29, 1.82) is 0 Å². The van der Waals surface area contributed by atoms with Crippen LogP contribution in [0, 0.1) is 11.8 Å². The van der Waals surface area contributed by atoms with Crippen molar-refractivity contribution in [1.82, 2.24) is 5.32 Å². The third-order valence-electron chi connectivity index (χ3n) is 2.15. The van der Waals surface area contributed by atoms with E-state index in [-0.39, 0.29) is 5.91 Å². The van der Waals surface area contributed by atoms with Crippen molar-refractivity contribution >= 4 is 17.2 Å². The molecule has 0 fully saturated rings. The molecule has 2 aromatic heterocycles. The van der Waals surface area contributed by atoms with Crippen molar-refractivity contribution in [3.63, 3.8) is 0 Å². The Bertz CT molecular complexity index is 576. The molecule has 3 N–H and O–H groups in total. The van der Waals surface area contributed by atoms with Gasteiger partial charge in [0, 0.05) is 0 Å². The summed E-state index contributed by atoms with van der Waals surface area (Å²) in [4.78, 5) is 13.3. The predicted molar refractivity (Wildman–Crippen MR) is 70.1 cm³/mol. The Morgan fingerprint density at radius 1 is 1.44 bits per heavy atom. The summed E-state index contributed by atoms with van der Waals surface area (Å²) in [5, 5.41) is 2.78. The second kappa shape index (κ2) is 6.05. The van der Waals surface area contributed by atoms with Crippen LogP contribution in [0.5, 0.6) is 0 Å². The van der Waals surface area contributed by atoms with E-state index in [2.05, 4.69) is 17.2 Å². The number of hydrogen-bond donors (Lipinski definition) is 2. The number of hydrogen-bond acceptors (Lipinski definition) is 4. The molecule has 0 atom stereocenters. The molecule has 2 aromatic rings. The van der Waals surface area contributed by atoms with Gasteiger partial charge < -0.3 is 15.5 Å². The predicted octanol–water partition coefficient (Wildman–Crippen LogP) is 1.58. The van der Waals surface area contributed by atoms with E-state index in [0.717, 1.165) is 10.6 Å². The molecule has 0 saturated carbocycles. The van der Waals surface area contributed by atoms with Crippen LogP contribution in [0.1, 0.15) is 20.3 Å². The standard InChI is InChI=1S/C13H12N2O2S/c14-7-1-4-11-5-6-12(18-11)13(16)15-9-10-3-2-8-17-10/h2-3,5-6,8H,7,9,14H2,(H,15,16). The molecule has 1 amide bonds. The average Bonchev–Trinajstić information content (AvgIpc) is 3.04. The van der Waals surface area contributed by atoms with Crippen LogP contribution < -0.4 is 11.1 Å². The Balaban J connectivity index is 1.94. The molecule has 5 heteroatoms. The zero-order valence-electron chi connectivity index (χ0n) is 9.60. The van der Waals surface area contributed by atoms with Crippen LogP contribution >= 0.6 is 11.3 Å². The van der Waals surface area contributed by atoms with Crippen molar-refractivity contribution < 1.29 is 9.21 Å². The second-order valence-corrected chi connectivity index (χ2v) is 4.52. The highest BCUT2D eigenvalue weighted by molar-refractivity contribution is 7.14. The SMILES string of the molecule is NCC#Cc1ccc(C(=O)NCc2ccco2)s1. The number of nitrogens with two attached hydrogens (primary N) is 1. The first-order valence-electron chi connectivity index (χ1n) is 5.39. The van der Waals surface area contributed by atoms with Gasteiger partial charge in [0.05, 0.1) is 29.1 Å². The van der Waals surface area contributed by atoms with Gasteiger partial charge in [-0.25, -0.2) is 0 Å². The third kappa shape index (κ3) is 3.23. The van der Waals surface area contributed by atoms with Crippen LogP contribution in [0.25, 0.3) is 0 Å². The minimum atomic E-state index is -0.128. The summed E-state index contributed by atoms with van der Waals surface area (Å²) < 4.78 is 5.13. The van der Waals surface area contributed by atoms with E-state index in [4.69, 9.17) is 10.2 Å². The molecular formula is C13H12N2O2S. The maximum atomic E-state index is 11.8. The second-order valence-electron chi connectivity index (χ2n) is 3.43. The van der Waals surface area contributed by atoms with E-state index < -0.39 is 0 Å². The molecule has 0 unspecified atom stereocenters. The van der Waals surface area contributed by atoms with Gasteiger partial charge in [0.25, 0.3) is 5.91 Å². The number of thiophene rings is 1. The highest BCUT2D eigenvalue weighted by Crippen LogP contribution is 2.15. The van der Waals surface area contributed by atoms with Crippen molar-refractivity contribution in [3.8, 4) is 11.8 Å². The fourth-order valence-electron chi connectivity index (χ4n) is 1.33. The van der Waals surface area contributed by atoms with E-state index in [9.17, 15) is 4.79 Å². The van der Waals surface area contributed by atoms with Crippen molar-refractivity contribution in [3.05, 3.63) is 46.0 Å². The fourth-order valence-corrected chi connectivity index (χ4v) is 2.13. The summed E-state index contributed by atoms with van der Waals surface area (Å²) in [7, 11) is 0. The molecule has 2 heterocycles. The van der Waals surface area contributed by atoms with Crippen LogP contribution in [0.3, 0.4) is 0 Å². The Morgan fingerprint density at radius 3 is 3.06 bits per heavy atom. The van der Waals surface area contributed by atoms with E-state index >= 15 is 0 Å². The summed E-state index contributed by atoms with van der Waals surface area (Å²) in [6, 6.07) is 7.16. The van der Waals surface area contributed by atoms with Gasteiger partial charge in [-0.05, 0) is 24.3 Å². The van der Waals surface area contributed by atoms with Gasteiger partial charge in [0.15, 0.2) is 0 Å². The molecule has 0 spiro atoms. The Hall–Kier alpha value is -2.03. The molecule has 0 aliphatic carbocycles. The summed E-state index contributed by atoms with van der Waals surface area (Å²) in [6.45, 7) is 0.700. The minimum Gasteiger partial charge on any atom is -0.467 e. The zero-order chi connectivity index (χ0) is 12.8. The molecule has 0 aliphatic rings. The largest absolute Gasteiger partial charge is 0.467 e. The average molecular weight is 260 g/mol. The summed E-state index contributed by atoms with van der Waals surface area (Å²) in [5.41, 5.74) is 5.29. The number of carbonyl (C=O) groups is 1. The van der Waals surface area contributed by atoms with Gasteiger partial charge >= 0.3 is 0 Å². The monoisotopic (exact) mass is 260 g/mol. The summed E-state index contributed by atoms with van der Waals surface area (Å²) >= 11 is 1.35. The number of rotatable bonds is 3. The van der Waals surface area contributed by atoms with E-state index in [1.165, 1.54) is 11.3 Å². The number of amides is 1. The zero-order valence-corrected chi connectivity index (χ0v) is 10.4.